The summed E-state index contributed by atoms with van der Waals surface area (Å²) in [5.41, 5.74) is 0. The lowest BCUT2D eigenvalue weighted by Gasteiger charge is -2.32. The maximum absolute atomic E-state index is 12.0. The van der Waals surface area contributed by atoms with Crippen LogP contribution in [0.25, 0.3) is 0 Å². The van der Waals surface area contributed by atoms with Crippen molar-refractivity contribution >= 4 is 22.8 Å². The molecule has 2 aliphatic heterocycles. The van der Waals surface area contributed by atoms with E-state index in [0.717, 1.165) is 31.8 Å². The Morgan fingerprint density at radius 3 is 2.55 bits per heavy atom. The molecule has 0 bridgehead atoms. The highest BCUT2D eigenvalue weighted by atomic mass is 32.2. The number of hydrogen-bond acceptors (Lipinski definition) is 5. The highest BCUT2D eigenvalue weighted by Crippen LogP contribution is 2.22. The van der Waals surface area contributed by atoms with Crippen LogP contribution < -0.4 is 0 Å². The highest BCUT2D eigenvalue weighted by molar-refractivity contribution is 8.13. The average molecular weight is 327 g/mol. The van der Waals surface area contributed by atoms with Gasteiger partial charge in [-0.3, -0.25) is 9.59 Å². The van der Waals surface area contributed by atoms with Crippen molar-refractivity contribution in [2.45, 2.75) is 26.2 Å². The van der Waals surface area contributed by atoms with Crippen molar-refractivity contribution in [1.29, 1.82) is 0 Å². The zero-order valence-corrected chi connectivity index (χ0v) is 14.7. The summed E-state index contributed by atoms with van der Waals surface area (Å²) in [6, 6.07) is 0. The number of likely N-dealkylation sites (N-methyl/N-ethyl adjacent to an activating group) is 1. The van der Waals surface area contributed by atoms with Gasteiger partial charge >= 0.3 is 0 Å². The van der Waals surface area contributed by atoms with Gasteiger partial charge in [0.25, 0.3) is 0 Å². The number of carbonyl (C=O) groups excluding carboxylic acids is 2. The molecule has 1 atom stereocenters. The van der Waals surface area contributed by atoms with Crippen LogP contribution in [0.2, 0.25) is 0 Å². The minimum atomic E-state index is 0.151. The number of likely N-dealkylation sites (tertiary alicyclic amines) is 1. The van der Waals surface area contributed by atoms with Gasteiger partial charge in [0.15, 0.2) is 5.12 Å². The largest absolute Gasteiger partial charge is 0.342 e. The van der Waals surface area contributed by atoms with Crippen LogP contribution in [0.4, 0.5) is 0 Å². The summed E-state index contributed by atoms with van der Waals surface area (Å²) in [5, 5.41) is 0.151. The van der Waals surface area contributed by atoms with Crippen LogP contribution >= 0.6 is 11.8 Å². The van der Waals surface area contributed by atoms with Crippen LogP contribution in [0.3, 0.4) is 0 Å². The van der Waals surface area contributed by atoms with E-state index in [-0.39, 0.29) is 11.0 Å². The molecule has 2 fully saturated rings. The van der Waals surface area contributed by atoms with Crippen molar-refractivity contribution in [3.8, 4) is 0 Å². The molecule has 6 heteroatoms. The third kappa shape index (κ3) is 5.89. The van der Waals surface area contributed by atoms with Gasteiger partial charge in [0, 0.05) is 58.4 Å². The van der Waals surface area contributed by atoms with E-state index in [9.17, 15) is 9.59 Å². The maximum Gasteiger partial charge on any atom is 0.222 e. The number of unbranched alkanes of at least 4 members (excludes halogenated alkanes) is 1. The van der Waals surface area contributed by atoms with E-state index in [1.54, 1.807) is 6.92 Å². The Bertz CT molecular complexity index is 384. The van der Waals surface area contributed by atoms with Crippen LogP contribution in [0.5, 0.6) is 0 Å². The lowest BCUT2D eigenvalue weighted by molar-refractivity contribution is -0.127. The van der Waals surface area contributed by atoms with Gasteiger partial charge in [0.2, 0.25) is 5.91 Å². The van der Waals surface area contributed by atoms with E-state index in [2.05, 4.69) is 16.8 Å². The van der Waals surface area contributed by atoms with Crippen molar-refractivity contribution in [1.82, 2.24) is 14.7 Å². The van der Waals surface area contributed by atoms with Crippen LogP contribution in [-0.2, 0) is 9.59 Å². The molecule has 0 saturated carbocycles. The Labute approximate surface area is 138 Å². The first-order valence-electron chi connectivity index (χ1n) is 8.36. The van der Waals surface area contributed by atoms with E-state index in [1.807, 2.05) is 4.90 Å². The summed E-state index contributed by atoms with van der Waals surface area (Å²) in [6.45, 7) is 9.14. The number of rotatable bonds is 7. The number of piperazine rings is 1. The Morgan fingerprint density at radius 2 is 1.86 bits per heavy atom. The molecule has 2 saturated heterocycles. The zero-order chi connectivity index (χ0) is 15.9. The minimum absolute atomic E-state index is 0.151. The quantitative estimate of drug-likeness (QED) is 0.656. The third-order valence-electron chi connectivity index (χ3n) is 4.57. The fraction of sp³-hybridized carbons (Fsp3) is 0.875. The average Bonchev–Trinajstić information content (AvgIpc) is 2.84. The predicted octanol–water partition coefficient (Wildman–Crippen LogP) is 1.14. The van der Waals surface area contributed by atoms with E-state index >= 15 is 0 Å². The first-order chi connectivity index (χ1) is 10.5. The third-order valence-corrected chi connectivity index (χ3v) is 5.61. The molecule has 2 rings (SSSR count). The summed E-state index contributed by atoms with van der Waals surface area (Å²) in [5.74, 6) is 1.42. The topological polar surface area (TPSA) is 43.9 Å². The van der Waals surface area contributed by atoms with Crippen molar-refractivity contribution in [3.63, 3.8) is 0 Å². The van der Waals surface area contributed by atoms with E-state index in [1.165, 1.54) is 44.4 Å². The molecule has 0 aromatic rings. The van der Waals surface area contributed by atoms with Gasteiger partial charge in [-0.15, -0.1) is 0 Å². The predicted molar refractivity (Wildman–Crippen MR) is 91.0 cm³/mol. The lowest BCUT2D eigenvalue weighted by atomic mass is 10.1. The minimum Gasteiger partial charge on any atom is -0.342 e. The molecule has 5 nitrogen and oxygen atoms in total. The monoisotopic (exact) mass is 327 g/mol. The molecule has 0 radical (unpaired) electrons. The maximum atomic E-state index is 12.0. The first-order valence-corrected chi connectivity index (χ1v) is 9.35. The van der Waals surface area contributed by atoms with Gasteiger partial charge in [-0.25, -0.2) is 0 Å². The molecule has 2 aliphatic rings. The summed E-state index contributed by atoms with van der Waals surface area (Å²) < 4.78 is 0. The number of nitrogens with zero attached hydrogens (tertiary/aromatic N) is 3. The van der Waals surface area contributed by atoms with Crippen LogP contribution in [0.15, 0.2) is 0 Å². The lowest BCUT2D eigenvalue weighted by Crippen LogP contribution is -2.44. The van der Waals surface area contributed by atoms with Crippen LogP contribution in [0.1, 0.15) is 26.2 Å². The normalized spacial score (nSPS) is 24.2. The molecule has 1 unspecified atom stereocenters. The molecule has 0 N–H and O–H groups in total. The summed E-state index contributed by atoms with van der Waals surface area (Å²) in [4.78, 5) is 29.9. The molecule has 0 aromatic heterocycles. The van der Waals surface area contributed by atoms with Crippen LogP contribution in [-0.4, -0.2) is 84.3 Å². The second-order valence-corrected chi connectivity index (χ2v) is 7.76. The summed E-state index contributed by atoms with van der Waals surface area (Å²) in [7, 11) is 2.18. The molecule has 126 valence electrons. The van der Waals surface area contributed by atoms with Gasteiger partial charge in [0.1, 0.15) is 0 Å². The molecule has 0 spiro atoms. The molecule has 22 heavy (non-hydrogen) atoms. The second kappa shape index (κ2) is 8.89. The van der Waals surface area contributed by atoms with Crippen molar-refractivity contribution < 1.29 is 9.59 Å². The van der Waals surface area contributed by atoms with Crippen molar-refractivity contribution in [3.05, 3.63) is 0 Å². The number of carbonyl (C=O) groups is 2. The fourth-order valence-corrected chi connectivity index (χ4v) is 3.82. The summed E-state index contributed by atoms with van der Waals surface area (Å²) in [6.07, 6.45) is 2.88. The Hall–Kier alpha value is -0.590. The second-order valence-electron chi connectivity index (χ2n) is 6.56. The zero-order valence-electron chi connectivity index (χ0n) is 13.9. The van der Waals surface area contributed by atoms with Crippen molar-refractivity contribution in [2.24, 2.45) is 5.92 Å². The highest BCUT2D eigenvalue weighted by Gasteiger charge is 2.29. The van der Waals surface area contributed by atoms with Crippen LogP contribution in [0, 0.1) is 5.92 Å². The van der Waals surface area contributed by atoms with E-state index in [4.69, 9.17) is 0 Å². The standard InChI is InChI=1S/C16H29N3O2S/c1-14(20)22-13-15-11-16(21)19(12-15)6-4-3-5-18-9-7-17(2)8-10-18/h15H,3-13H2,1-2H3. The smallest absolute Gasteiger partial charge is 0.222 e. The van der Waals surface area contributed by atoms with Gasteiger partial charge < -0.3 is 14.7 Å². The Balaban J connectivity index is 1.57. The van der Waals surface area contributed by atoms with Gasteiger partial charge in [-0.05, 0) is 32.4 Å². The number of hydrogen-bond donors (Lipinski definition) is 0. The number of thioether (sulfide) groups is 1. The van der Waals surface area contributed by atoms with E-state index in [0.29, 0.717) is 12.3 Å². The van der Waals surface area contributed by atoms with E-state index < -0.39 is 0 Å². The molecule has 0 aromatic carbocycles. The van der Waals surface area contributed by atoms with Gasteiger partial charge in [-0.2, -0.15) is 0 Å². The molecule has 0 aliphatic carbocycles. The molecule has 2 heterocycles. The van der Waals surface area contributed by atoms with Gasteiger partial charge in [0.05, 0.1) is 0 Å². The van der Waals surface area contributed by atoms with Crippen molar-refractivity contribution in [2.75, 3.05) is 58.6 Å². The molecular formula is C16H29N3O2S. The fourth-order valence-electron chi connectivity index (χ4n) is 3.13. The molecular weight excluding hydrogens is 298 g/mol. The SMILES string of the molecule is CC(=O)SCC1CC(=O)N(CCCCN2CCN(C)CC2)C1. The first kappa shape index (κ1) is 17.8. The Morgan fingerprint density at radius 1 is 1.18 bits per heavy atom. The molecule has 1 amide bonds. The van der Waals surface area contributed by atoms with Gasteiger partial charge in [-0.1, -0.05) is 11.8 Å². The Kier molecular flexibility index (Phi) is 7.18. The number of amides is 1. The summed E-state index contributed by atoms with van der Waals surface area (Å²) >= 11 is 1.35.